The molecule has 3 nitrogen and oxygen atoms in total. The van der Waals surface area contributed by atoms with E-state index in [9.17, 15) is 4.79 Å². The van der Waals surface area contributed by atoms with Crippen molar-refractivity contribution in [3.05, 3.63) is 65.2 Å². The average molecular weight is 392 g/mol. The lowest BCUT2D eigenvalue weighted by molar-refractivity contribution is 0.0734. The number of rotatable bonds is 13. The van der Waals surface area contributed by atoms with Crippen LogP contribution in [0.3, 0.4) is 0 Å². The Morgan fingerprint density at radius 3 is 1.90 bits per heavy atom. The van der Waals surface area contributed by atoms with E-state index in [0.717, 1.165) is 6.42 Å². The first-order valence-electron chi connectivity index (χ1n) is 11.0. The van der Waals surface area contributed by atoms with Crippen LogP contribution in [0.1, 0.15) is 92.6 Å². The fraction of sp³-hybridized carbons (Fsp3) is 0.462. The van der Waals surface area contributed by atoms with E-state index < -0.39 is 0 Å². The van der Waals surface area contributed by atoms with Crippen LogP contribution in [0.4, 0.5) is 0 Å². The molecule has 0 unspecified atom stereocenters. The van der Waals surface area contributed by atoms with Crippen LogP contribution in [0.25, 0.3) is 0 Å². The van der Waals surface area contributed by atoms with E-state index >= 15 is 0 Å². The molecule has 0 saturated carbocycles. The monoisotopic (exact) mass is 391 g/mol. The summed E-state index contributed by atoms with van der Waals surface area (Å²) in [4.78, 5) is 12.2. The third kappa shape index (κ3) is 8.96. The zero-order valence-corrected chi connectivity index (χ0v) is 17.7. The van der Waals surface area contributed by atoms with Gasteiger partial charge in [-0.2, -0.15) is 5.26 Å². The maximum atomic E-state index is 12.2. The van der Waals surface area contributed by atoms with Crippen molar-refractivity contribution in [2.45, 2.75) is 77.6 Å². The van der Waals surface area contributed by atoms with Gasteiger partial charge in [0.2, 0.25) is 0 Å². The molecule has 0 N–H and O–H groups in total. The maximum absolute atomic E-state index is 12.2. The normalized spacial score (nSPS) is 10.5. The van der Waals surface area contributed by atoms with Gasteiger partial charge in [0.1, 0.15) is 5.75 Å². The van der Waals surface area contributed by atoms with Gasteiger partial charge in [0.25, 0.3) is 0 Å². The number of nitrogens with zero attached hydrogens (tertiary/aromatic N) is 1. The average Bonchev–Trinajstić information content (AvgIpc) is 2.76. The summed E-state index contributed by atoms with van der Waals surface area (Å²) >= 11 is 0. The summed E-state index contributed by atoms with van der Waals surface area (Å²) in [7, 11) is 0. The Balaban J connectivity index is 1.62. The van der Waals surface area contributed by atoms with E-state index in [4.69, 9.17) is 10.00 Å². The molecule has 154 valence electrons. The molecule has 0 spiro atoms. The van der Waals surface area contributed by atoms with Crippen LogP contribution in [0.2, 0.25) is 0 Å². The van der Waals surface area contributed by atoms with Gasteiger partial charge in [-0.15, -0.1) is 0 Å². The summed E-state index contributed by atoms with van der Waals surface area (Å²) < 4.78 is 5.36. The van der Waals surface area contributed by atoms with Crippen LogP contribution in [0, 0.1) is 11.3 Å². The third-order valence-electron chi connectivity index (χ3n) is 5.20. The van der Waals surface area contributed by atoms with Crippen molar-refractivity contribution in [3.63, 3.8) is 0 Å². The van der Waals surface area contributed by atoms with Crippen LogP contribution in [-0.2, 0) is 6.42 Å². The van der Waals surface area contributed by atoms with Gasteiger partial charge in [0, 0.05) is 0 Å². The van der Waals surface area contributed by atoms with E-state index in [-0.39, 0.29) is 5.97 Å². The molecule has 0 atom stereocenters. The van der Waals surface area contributed by atoms with Crippen LogP contribution in [0.15, 0.2) is 48.5 Å². The first-order chi connectivity index (χ1) is 14.2. The highest BCUT2D eigenvalue weighted by Crippen LogP contribution is 2.16. The number of carbonyl (C=O) groups excluding carboxylic acids is 1. The molecule has 0 heterocycles. The molecule has 0 saturated heterocycles. The van der Waals surface area contributed by atoms with Crippen LogP contribution >= 0.6 is 0 Å². The lowest BCUT2D eigenvalue weighted by Crippen LogP contribution is -2.08. The highest BCUT2D eigenvalue weighted by atomic mass is 16.5. The minimum absolute atomic E-state index is 0.375. The largest absolute Gasteiger partial charge is 0.423 e. The molecule has 2 rings (SSSR count). The third-order valence-corrected chi connectivity index (χ3v) is 5.20. The molecular formula is C26H33NO2. The zero-order valence-electron chi connectivity index (χ0n) is 17.7. The fourth-order valence-corrected chi connectivity index (χ4v) is 3.39. The molecule has 29 heavy (non-hydrogen) atoms. The van der Waals surface area contributed by atoms with Gasteiger partial charge in [0.05, 0.1) is 17.2 Å². The Bertz CT molecular complexity index is 757. The molecule has 0 aromatic heterocycles. The second-order valence-electron chi connectivity index (χ2n) is 7.65. The van der Waals surface area contributed by atoms with E-state index in [1.54, 1.807) is 24.3 Å². The first kappa shape index (κ1) is 22.7. The smallest absolute Gasteiger partial charge is 0.343 e. The van der Waals surface area contributed by atoms with Gasteiger partial charge in [-0.25, -0.2) is 4.79 Å². The Hall–Kier alpha value is -2.60. The topological polar surface area (TPSA) is 50.1 Å². The van der Waals surface area contributed by atoms with Gasteiger partial charge in [-0.05, 0) is 54.8 Å². The minimum Gasteiger partial charge on any atom is -0.423 e. The molecule has 0 fully saturated rings. The van der Waals surface area contributed by atoms with Gasteiger partial charge in [-0.3, -0.25) is 0 Å². The quantitative estimate of drug-likeness (QED) is 0.205. The Morgan fingerprint density at radius 1 is 0.793 bits per heavy atom. The lowest BCUT2D eigenvalue weighted by Gasteiger charge is -2.06. The maximum Gasteiger partial charge on any atom is 0.343 e. The van der Waals surface area contributed by atoms with Crippen molar-refractivity contribution in [2.24, 2.45) is 0 Å². The van der Waals surface area contributed by atoms with Crippen molar-refractivity contribution < 1.29 is 9.53 Å². The number of esters is 1. The molecule has 0 amide bonds. The summed E-state index contributed by atoms with van der Waals surface area (Å²) in [5.74, 6) is 0.0728. The molecule has 0 bridgehead atoms. The summed E-state index contributed by atoms with van der Waals surface area (Å²) in [5.41, 5.74) is 2.35. The van der Waals surface area contributed by atoms with E-state index in [1.165, 1.54) is 69.8 Å². The molecule has 0 aliphatic heterocycles. The summed E-state index contributed by atoms with van der Waals surface area (Å²) in [5, 5.41) is 8.81. The highest BCUT2D eigenvalue weighted by Gasteiger charge is 2.08. The Morgan fingerprint density at radius 2 is 1.34 bits per heavy atom. The SMILES string of the molecule is CCCCCCCCCCCCc1ccc(C(=O)Oc2ccc(C#N)cc2)cc1. The molecule has 0 aliphatic carbocycles. The van der Waals surface area contributed by atoms with Crippen LogP contribution < -0.4 is 4.74 Å². The molecule has 2 aromatic carbocycles. The number of benzene rings is 2. The summed E-state index contributed by atoms with van der Waals surface area (Å²) in [6, 6.07) is 16.3. The Kier molecular flexibility index (Phi) is 10.6. The number of hydrogen-bond donors (Lipinski definition) is 0. The number of ether oxygens (including phenoxy) is 1. The van der Waals surface area contributed by atoms with Crippen molar-refractivity contribution in [1.29, 1.82) is 5.26 Å². The highest BCUT2D eigenvalue weighted by molar-refractivity contribution is 5.91. The predicted octanol–water partition coefficient (Wildman–Crippen LogP) is 7.24. The lowest BCUT2D eigenvalue weighted by atomic mass is 10.0. The van der Waals surface area contributed by atoms with Crippen molar-refractivity contribution in [3.8, 4) is 11.8 Å². The van der Waals surface area contributed by atoms with Crippen molar-refractivity contribution >= 4 is 5.97 Å². The molecule has 3 heteroatoms. The number of aryl methyl sites for hydroxylation is 1. The fourth-order valence-electron chi connectivity index (χ4n) is 3.39. The van der Waals surface area contributed by atoms with Gasteiger partial charge in [-0.1, -0.05) is 76.8 Å². The van der Waals surface area contributed by atoms with Crippen molar-refractivity contribution in [1.82, 2.24) is 0 Å². The second kappa shape index (κ2) is 13.6. The summed E-state index contributed by atoms with van der Waals surface area (Å²) in [6.07, 6.45) is 14.5. The second-order valence-corrected chi connectivity index (χ2v) is 7.65. The Labute approximate surface area is 175 Å². The van der Waals surface area contributed by atoms with Crippen LogP contribution in [0.5, 0.6) is 5.75 Å². The molecular weight excluding hydrogens is 358 g/mol. The van der Waals surface area contributed by atoms with E-state index in [1.807, 2.05) is 30.3 Å². The predicted molar refractivity (Wildman–Crippen MR) is 118 cm³/mol. The number of unbranched alkanes of at least 4 members (excludes halogenated alkanes) is 9. The van der Waals surface area contributed by atoms with Crippen LogP contribution in [-0.4, -0.2) is 5.97 Å². The van der Waals surface area contributed by atoms with Gasteiger partial charge >= 0.3 is 5.97 Å². The first-order valence-corrected chi connectivity index (χ1v) is 11.0. The van der Waals surface area contributed by atoms with Crippen molar-refractivity contribution in [2.75, 3.05) is 0 Å². The minimum atomic E-state index is -0.375. The number of nitriles is 1. The number of hydrogen-bond acceptors (Lipinski definition) is 3. The van der Waals surface area contributed by atoms with Gasteiger partial charge < -0.3 is 4.74 Å². The standard InChI is InChI=1S/C26H33NO2/c1-2-3-4-5-6-7-8-9-10-11-12-22-13-17-24(18-14-22)26(28)29-25-19-15-23(21-27)16-20-25/h13-20H,2-12H2,1H3. The molecule has 0 aliphatic rings. The molecule has 0 radical (unpaired) electrons. The number of carbonyl (C=O) groups is 1. The molecule has 2 aromatic rings. The zero-order chi connectivity index (χ0) is 20.7. The van der Waals surface area contributed by atoms with Gasteiger partial charge in [0.15, 0.2) is 0 Å². The van der Waals surface area contributed by atoms with E-state index in [2.05, 4.69) is 6.92 Å². The summed E-state index contributed by atoms with van der Waals surface area (Å²) in [6.45, 7) is 2.26. The van der Waals surface area contributed by atoms with E-state index in [0.29, 0.717) is 16.9 Å².